The summed E-state index contributed by atoms with van der Waals surface area (Å²) >= 11 is 0. The largest absolute Gasteiger partial charge is 0.0625 e. The minimum absolute atomic E-state index is 0.894. The first-order valence-electron chi connectivity index (χ1n) is 9.29. The van der Waals surface area contributed by atoms with E-state index in [-0.39, 0.29) is 0 Å². The number of hydrogen-bond acceptors (Lipinski definition) is 0. The zero-order valence-electron chi connectivity index (χ0n) is 14.9. The lowest BCUT2D eigenvalue weighted by atomic mass is 9.89. The van der Waals surface area contributed by atoms with Crippen LogP contribution in [0.25, 0.3) is 0 Å². The molecule has 0 aromatic rings. The summed E-state index contributed by atoms with van der Waals surface area (Å²) in [6.07, 6.45) is 0. The Hall–Kier alpha value is 0. The van der Waals surface area contributed by atoms with Crippen molar-refractivity contribution >= 4 is 0 Å². The first-order valence-corrected chi connectivity index (χ1v) is 9.29. The van der Waals surface area contributed by atoms with Gasteiger partial charge in [-0.1, -0.05) is 55.4 Å². The van der Waals surface area contributed by atoms with Gasteiger partial charge in [-0.3, -0.25) is 0 Å². The summed E-state index contributed by atoms with van der Waals surface area (Å²) in [6, 6.07) is 0. The second kappa shape index (κ2) is 4.75. The summed E-state index contributed by atoms with van der Waals surface area (Å²) in [5.41, 5.74) is 0. The van der Waals surface area contributed by atoms with E-state index >= 15 is 0 Å². The second-order valence-corrected chi connectivity index (χ2v) is 9.29. The average Bonchev–Trinajstić information content (AvgIpc) is 3.27. The van der Waals surface area contributed by atoms with E-state index in [2.05, 4.69) is 55.4 Å². The Bertz CT molecular complexity index is 349. The first kappa shape index (κ1) is 14.9. The van der Waals surface area contributed by atoms with Crippen LogP contribution in [0.4, 0.5) is 0 Å². The highest BCUT2D eigenvalue weighted by Gasteiger charge is 2.63. The summed E-state index contributed by atoms with van der Waals surface area (Å²) in [5, 5.41) is 0. The highest BCUT2D eigenvalue weighted by Crippen LogP contribution is 2.67. The van der Waals surface area contributed by atoms with E-state index in [0.717, 1.165) is 71.0 Å². The Morgan fingerprint density at radius 2 is 0.800 bits per heavy atom. The molecule has 0 amide bonds. The van der Waals surface area contributed by atoms with Gasteiger partial charge in [0.15, 0.2) is 0 Å². The van der Waals surface area contributed by atoms with Gasteiger partial charge in [-0.25, -0.2) is 0 Å². The van der Waals surface area contributed by atoms with Gasteiger partial charge in [0.2, 0.25) is 0 Å². The van der Waals surface area contributed by atoms with Gasteiger partial charge >= 0.3 is 0 Å². The lowest BCUT2D eigenvalue weighted by Crippen LogP contribution is -2.11. The van der Waals surface area contributed by atoms with Crippen molar-refractivity contribution in [2.24, 2.45) is 71.0 Å². The van der Waals surface area contributed by atoms with Crippen LogP contribution in [0.2, 0.25) is 0 Å². The molecule has 3 aliphatic carbocycles. The molecule has 20 heavy (non-hydrogen) atoms. The maximum absolute atomic E-state index is 2.58. The maximum atomic E-state index is 2.58. The highest BCUT2D eigenvalue weighted by molar-refractivity contribution is 5.10. The third-order valence-corrected chi connectivity index (χ3v) is 8.14. The standard InChI is InChI=1S/C20H36/c1-9(2)16-12(5)18(16)14(7)20-15(8)19(20)13(6)17-10(3)11(17)4/h9-20H,1-8H3. The Labute approximate surface area is 127 Å². The molecule has 10 atom stereocenters. The van der Waals surface area contributed by atoms with E-state index < -0.39 is 0 Å². The predicted molar refractivity (Wildman–Crippen MR) is 87.3 cm³/mol. The molecule has 3 aliphatic rings. The van der Waals surface area contributed by atoms with Gasteiger partial charge in [-0.05, 0) is 71.0 Å². The van der Waals surface area contributed by atoms with Gasteiger partial charge in [0.25, 0.3) is 0 Å². The molecule has 3 rings (SSSR count). The maximum Gasteiger partial charge on any atom is -0.0323 e. The molecule has 3 saturated carbocycles. The molecule has 0 saturated heterocycles. The van der Waals surface area contributed by atoms with E-state index in [1.807, 2.05) is 0 Å². The van der Waals surface area contributed by atoms with Gasteiger partial charge in [0.05, 0.1) is 0 Å². The van der Waals surface area contributed by atoms with Crippen molar-refractivity contribution in [3.8, 4) is 0 Å². The fraction of sp³-hybridized carbons (Fsp3) is 1.00. The molecule has 0 heteroatoms. The molecular formula is C20H36. The zero-order chi connectivity index (χ0) is 14.9. The Kier molecular flexibility index (Phi) is 3.54. The van der Waals surface area contributed by atoms with E-state index in [4.69, 9.17) is 0 Å². The van der Waals surface area contributed by atoms with Gasteiger partial charge in [-0.15, -0.1) is 0 Å². The molecule has 0 heterocycles. The number of rotatable bonds is 5. The lowest BCUT2D eigenvalue weighted by molar-refractivity contribution is 0.320. The Balaban J connectivity index is 1.59. The van der Waals surface area contributed by atoms with Crippen LogP contribution in [-0.2, 0) is 0 Å². The molecule has 0 aromatic heterocycles. The van der Waals surface area contributed by atoms with E-state index in [9.17, 15) is 0 Å². The van der Waals surface area contributed by atoms with Crippen LogP contribution in [0.1, 0.15) is 55.4 Å². The van der Waals surface area contributed by atoms with Crippen molar-refractivity contribution in [3.05, 3.63) is 0 Å². The van der Waals surface area contributed by atoms with Crippen LogP contribution < -0.4 is 0 Å². The van der Waals surface area contributed by atoms with Crippen LogP contribution in [0.3, 0.4) is 0 Å². The number of hydrogen-bond donors (Lipinski definition) is 0. The SMILES string of the molecule is CC(C)C1C(C)C1C(C)C1C(C)C1C(C)C1C(C)C1C. The van der Waals surface area contributed by atoms with Crippen molar-refractivity contribution in [3.63, 3.8) is 0 Å². The fourth-order valence-corrected chi connectivity index (χ4v) is 6.76. The summed E-state index contributed by atoms with van der Waals surface area (Å²) < 4.78 is 0. The summed E-state index contributed by atoms with van der Waals surface area (Å²) in [5.74, 6) is 12.0. The molecule has 0 radical (unpaired) electrons. The van der Waals surface area contributed by atoms with Crippen LogP contribution >= 0.6 is 0 Å². The van der Waals surface area contributed by atoms with Crippen LogP contribution in [0.5, 0.6) is 0 Å². The molecule has 0 N–H and O–H groups in total. The van der Waals surface area contributed by atoms with Gasteiger partial charge in [0, 0.05) is 0 Å². The van der Waals surface area contributed by atoms with Crippen molar-refractivity contribution in [1.82, 2.24) is 0 Å². The molecule has 10 unspecified atom stereocenters. The molecule has 3 fully saturated rings. The third kappa shape index (κ3) is 2.08. The minimum atomic E-state index is 0.894. The van der Waals surface area contributed by atoms with E-state index in [1.165, 1.54) is 0 Å². The smallest absolute Gasteiger partial charge is 0.0323 e. The molecule has 0 aromatic carbocycles. The highest BCUT2D eigenvalue weighted by atomic mass is 14.7. The van der Waals surface area contributed by atoms with Crippen molar-refractivity contribution < 1.29 is 0 Å². The van der Waals surface area contributed by atoms with Crippen LogP contribution in [0, 0.1) is 71.0 Å². The third-order valence-electron chi connectivity index (χ3n) is 8.14. The van der Waals surface area contributed by atoms with E-state index in [1.54, 1.807) is 0 Å². The average molecular weight is 277 g/mol. The monoisotopic (exact) mass is 276 g/mol. The molecule has 116 valence electrons. The summed E-state index contributed by atoms with van der Waals surface area (Å²) in [6.45, 7) is 20.0. The second-order valence-electron chi connectivity index (χ2n) is 9.29. The van der Waals surface area contributed by atoms with Crippen molar-refractivity contribution in [1.29, 1.82) is 0 Å². The minimum Gasteiger partial charge on any atom is -0.0625 e. The van der Waals surface area contributed by atoms with Crippen molar-refractivity contribution in [2.45, 2.75) is 55.4 Å². The van der Waals surface area contributed by atoms with Crippen molar-refractivity contribution in [2.75, 3.05) is 0 Å². The Morgan fingerprint density at radius 3 is 1.15 bits per heavy atom. The predicted octanol–water partition coefficient (Wildman–Crippen LogP) is 5.58. The van der Waals surface area contributed by atoms with Crippen LogP contribution in [0.15, 0.2) is 0 Å². The normalized spacial score (nSPS) is 56.5. The molecular weight excluding hydrogens is 240 g/mol. The summed E-state index contributed by atoms with van der Waals surface area (Å²) in [4.78, 5) is 0. The molecule has 0 bridgehead atoms. The van der Waals surface area contributed by atoms with Gasteiger partial charge in [-0.2, -0.15) is 0 Å². The summed E-state index contributed by atoms with van der Waals surface area (Å²) in [7, 11) is 0. The quantitative estimate of drug-likeness (QED) is 0.615. The molecule has 0 spiro atoms. The Morgan fingerprint density at radius 1 is 0.450 bits per heavy atom. The lowest BCUT2D eigenvalue weighted by Gasteiger charge is -2.16. The zero-order valence-corrected chi connectivity index (χ0v) is 14.9. The van der Waals surface area contributed by atoms with Gasteiger partial charge in [0.1, 0.15) is 0 Å². The first-order chi connectivity index (χ1) is 9.29. The van der Waals surface area contributed by atoms with Gasteiger partial charge < -0.3 is 0 Å². The molecule has 0 nitrogen and oxygen atoms in total. The van der Waals surface area contributed by atoms with Crippen LogP contribution in [-0.4, -0.2) is 0 Å². The molecule has 0 aliphatic heterocycles. The topological polar surface area (TPSA) is 0 Å². The van der Waals surface area contributed by atoms with E-state index in [0.29, 0.717) is 0 Å². The fourth-order valence-electron chi connectivity index (χ4n) is 6.76.